The van der Waals surface area contributed by atoms with Crippen LogP contribution in [-0.4, -0.2) is 30.1 Å². The molecule has 3 N–H and O–H groups in total. The summed E-state index contributed by atoms with van der Waals surface area (Å²) in [7, 11) is 1.37. The van der Waals surface area contributed by atoms with Crippen LogP contribution in [0.15, 0.2) is 18.2 Å². The summed E-state index contributed by atoms with van der Waals surface area (Å²) < 4.78 is 4.74. The highest BCUT2D eigenvalue weighted by molar-refractivity contribution is 7.99. The Labute approximate surface area is 124 Å². The number of methoxy groups -OCH3 is 1. The molecule has 0 saturated heterocycles. The van der Waals surface area contributed by atoms with E-state index >= 15 is 0 Å². The minimum absolute atomic E-state index is 0.392. The molecule has 0 heterocycles. The van der Waals surface area contributed by atoms with Crippen LogP contribution in [0.2, 0.25) is 0 Å². The fourth-order valence-corrected chi connectivity index (χ4v) is 3.77. The standard InChI is InChI=1S/C15H22N2O2S/c1-3-20-12-6-4-10(8-12)17-11-5-7-14(16)13(9-11)15(18)19-2/h5,7,9-10,12,17H,3-4,6,8,16H2,1-2H3. The Hall–Kier alpha value is -1.36. The lowest BCUT2D eigenvalue weighted by Gasteiger charge is -2.15. The first kappa shape index (κ1) is 15.0. The van der Waals surface area contributed by atoms with Crippen LogP contribution in [0.25, 0.3) is 0 Å². The van der Waals surface area contributed by atoms with Crippen molar-refractivity contribution in [1.82, 2.24) is 0 Å². The second-order valence-electron chi connectivity index (χ2n) is 5.03. The first-order valence-electron chi connectivity index (χ1n) is 7.00. The number of benzene rings is 1. The van der Waals surface area contributed by atoms with Crippen molar-refractivity contribution < 1.29 is 9.53 Å². The lowest BCUT2D eigenvalue weighted by molar-refractivity contribution is 0.0602. The zero-order valence-corrected chi connectivity index (χ0v) is 12.8. The van der Waals surface area contributed by atoms with E-state index in [4.69, 9.17) is 10.5 Å². The van der Waals surface area contributed by atoms with Crippen molar-refractivity contribution in [3.8, 4) is 0 Å². The molecular formula is C15H22N2O2S. The molecule has 1 aliphatic carbocycles. The Bertz CT molecular complexity index is 479. The van der Waals surface area contributed by atoms with Crippen LogP contribution < -0.4 is 11.1 Å². The highest BCUT2D eigenvalue weighted by Crippen LogP contribution is 2.32. The molecule has 0 spiro atoms. The van der Waals surface area contributed by atoms with Gasteiger partial charge in [0.25, 0.3) is 0 Å². The van der Waals surface area contributed by atoms with E-state index in [0.717, 1.165) is 10.9 Å². The van der Waals surface area contributed by atoms with Gasteiger partial charge in [-0.3, -0.25) is 0 Å². The van der Waals surface area contributed by atoms with Gasteiger partial charge in [0, 0.05) is 22.7 Å². The SMILES string of the molecule is CCSC1CCC(Nc2ccc(N)c(C(=O)OC)c2)C1. The summed E-state index contributed by atoms with van der Waals surface area (Å²) in [6.07, 6.45) is 3.61. The molecule has 2 atom stereocenters. The quantitative estimate of drug-likeness (QED) is 0.645. The number of anilines is 2. The molecule has 1 aliphatic rings. The summed E-state index contributed by atoms with van der Waals surface area (Å²) in [6.45, 7) is 2.20. The monoisotopic (exact) mass is 294 g/mol. The van der Waals surface area contributed by atoms with Crippen molar-refractivity contribution >= 4 is 29.1 Å². The number of ether oxygens (including phenoxy) is 1. The van der Waals surface area contributed by atoms with E-state index in [9.17, 15) is 4.79 Å². The van der Waals surface area contributed by atoms with Gasteiger partial charge >= 0.3 is 5.97 Å². The Morgan fingerprint density at radius 2 is 2.30 bits per heavy atom. The molecule has 1 aromatic rings. The largest absolute Gasteiger partial charge is 0.465 e. The molecule has 20 heavy (non-hydrogen) atoms. The van der Waals surface area contributed by atoms with E-state index < -0.39 is 5.97 Å². The molecule has 2 unspecified atom stereocenters. The van der Waals surface area contributed by atoms with Crippen molar-refractivity contribution in [3.63, 3.8) is 0 Å². The molecule has 1 fully saturated rings. The number of thioether (sulfide) groups is 1. The molecule has 0 aliphatic heterocycles. The highest BCUT2D eigenvalue weighted by atomic mass is 32.2. The molecule has 1 saturated carbocycles. The number of hydrogen-bond acceptors (Lipinski definition) is 5. The van der Waals surface area contributed by atoms with E-state index in [1.807, 2.05) is 17.8 Å². The second-order valence-corrected chi connectivity index (χ2v) is 6.60. The number of carbonyl (C=O) groups excluding carboxylic acids is 1. The van der Waals surface area contributed by atoms with Crippen LogP contribution in [-0.2, 0) is 4.74 Å². The lowest BCUT2D eigenvalue weighted by atomic mass is 10.1. The predicted molar refractivity (Wildman–Crippen MR) is 85.4 cm³/mol. The third-order valence-corrected chi connectivity index (χ3v) is 4.85. The summed E-state index contributed by atoms with van der Waals surface area (Å²) in [6, 6.07) is 5.93. The zero-order valence-electron chi connectivity index (χ0n) is 12.0. The maximum absolute atomic E-state index is 11.6. The van der Waals surface area contributed by atoms with Crippen LogP contribution in [0.4, 0.5) is 11.4 Å². The van der Waals surface area contributed by atoms with Crippen LogP contribution >= 0.6 is 11.8 Å². The number of nitrogens with one attached hydrogen (secondary N) is 1. The maximum Gasteiger partial charge on any atom is 0.340 e. The number of nitrogen functional groups attached to an aromatic ring is 1. The average Bonchev–Trinajstić information content (AvgIpc) is 2.88. The smallest absolute Gasteiger partial charge is 0.340 e. The Balaban J connectivity index is 2.02. The van der Waals surface area contributed by atoms with Gasteiger partial charge in [-0.1, -0.05) is 6.92 Å². The zero-order chi connectivity index (χ0) is 14.5. The summed E-state index contributed by atoms with van der Waals surface area (Å²) in [5.41, 5.74) is 7.62. The van der Waals surface area contributed by atoms with Crippen molar-refractivity contribution in [1.29, 1.82) is 0 Å². The molecule has 0 radical (unpaired) electrons. The number of nitrogens with two attached hydrogens (primary N) is 1. The van der Waals surface area contributed by atoms with E-state index in [2.05, 4.69) is 12.2 Å². The first-order chi connectivity index (χ1) is 9.63. The molecule has 5 heteroatoms. The average molecular weight is 294 g/mol. The summed E-state index contributed by atoms with van der Waals surface area (Å²) >= 11 is 2.03. The molecule has 0 bridgehead atoms. The van der Waals surface area contributed by atoms with Gasteiger partial charge in [0.05, 0.1) is 12.7 Å². The van der Waals surface area contributed by atoms with Crippen LogP contribution in [0.1, 0.15) is 36.5 Å². The highest BCUT2D eigenvalue weighted by Gasteiger charge is 2.24. The Kier molecular flexibility index (Phi) is 5.17. The molecule has 0 aromatic heterocycles. The third kappa shape index (κ3) is 3.60. The minimum atomic E-state index is -0.392. The maximum atomic E-state index is 11.6. The second kappa shape index (κ2) is 6.88. The van der Waals surface area contributed by atoms with Gasteiger partial charge in [-0.2, -0.15) is 11.8 Å². The van der Waals surface area contributed by atoms with Gasteiger partial charge in [-0.25, -0.2) is 4.79 Å². The molecule has 4 nitrogen and oxygen atoms in total. The van der Waals surface area contributed by atoms with Crippen LogP contribution in [0, 0.1) is 0 Å². The molecular weight excluding hydrogens is 272 g/mol. The van der Waals surface area contributed by atoms with Gasteiger partial charge in [-0.05, 0) is 43.2 Å². The number of esters is 1. The minimum Gasteiger partial charge on any atom is -0.465 e. The van der Waals surface area contributed by atoms with Crippen molar-refractivity contribution in [2.24, 2.45) is 0 Å². The predicted octanol–water partition coefficient (Wildman–Crippen LogP) is 3.14. The summed E-state index contributed by atoms with van der Waals surface area (Å²) in [5, 5.41) is 4.26. The number of carbonyl (C=O) groups is 1. The van der Waals surface area contributed by atoms with Crippen molar-refractivity contribution in [3.05, 3.63) is 23.8 Å². The molecule has 1 aromatic carbocycles. The lowest BCUT2D eigenvalue weighted by Crippen LogP contribution is -2.16. The van der Waals surface area contributed by atoms with Gasteiger partial charge in [0.15, 0.2) is 0 Å². The molecule has 110 valence electrons. The van der Waals surface area contributed by atoms with E-state index in [0.29, 0.717) is 17.3 Å². The summed E-state index contributed by atoms with van der Waals surface area (Å²) in [4.78, 5) is 11.6. The topological polar surface area (TPSA) is 64.3 Å². The number of rotatable bonds is 5. The van der Waals surface area contributed by atoms with Crippen molar-refractivity contribution in [2.45, 2.75) is 37.5 Å². The van der Waals surface area contributed by atoms with Crippen molar-refractivity contribution in [2.75, 3.05) is 23.9 Å². The van der Waals surface area contributed by atoms with Crippen LogP contribution in [0.3, 0.4) is 0 Å². The Morgan fingerprint density at radius 1 is 1.50 bits per heavy atom. The molecule has 2 rings (SSSR count). The van der Waals surface area contributed by atoms with Crippen LogP contribution in [0.5, 0.6) is 0 Å². The fourth-order valence-electron chi connectivity index (χ4n) is 2.63. The third-order valence-electron chi connectivity index (χ3n) is 3.62. The number of hydrogen-bond donors (Lipinski definition) is 2. The van der Waals surface area contributed by atoms with E-state index in [1.165, 1.54) is 32.1 Å². The van der Waals surface area contributed by atoms with Gasteiger partial charge in [0.2, 0.25) is 0 Å². The summed E-state index contributed by atoms with van der Waals surface area (Å²) in [5.74, 6) is 0.781. The van der Waals surface area contributed by atoms with E-state index in [1.54, 1.807) is 12.1 Å². The Morgan fingerprint density at radius 3 is 3.00 bits per heavy atom. The fraction of sp³-hybridized carbons (Fsp3) is 0.533. The molecule has 0 amide bonds. The normalized spacial score (nSPS) is 21.7. The first-order valence-corrected chi connectivity index (χ1v) is 8.05. The van der Waals surface area contributed by atoms with Gasteiger partial charge in [0.1, 0.15) is 0 Å². The van der Waals surface area contributed by atoms with Gasteiger partial charge in [-0.15, -0.1) is 0 Å². The van der Waals surface area contributed by atoms with E-state index in [-0.39, 0.29) is 0 Å². The van der Waals surface area contributed by atoms with Gasteiger partial charge < -0.3 is 15.8 Å².